The van der Waals surface area contributed by atoms with Crippen LogP contribution in [-0.4, -0.2) is 40.5 Å². The maximum Gasteiger partial charge on any atom is 0.258 e. The Morgan fingerprint density at radius 3 is 3.00 bits per heavy atom. The summed E-state index contributed by atoms with van der Waals surface area (Å²) in [6.07, 6.45) is 1.19. The number of hydrogen-bond donors (Lipinski definition) is 3. The van der Waals surface area contributed by atoms with E-state index in [1.54, 1.807) is 19.2 Å². The summed E-state index contributed by atoms with van der Waals surface area (Å²) in [6, 6.07) is 7.48. The van der Waals surface area contributed by atoms with Crippen molar-refractivity contribution in [2.75, 3.05) is 13.2 Å². The molecule has 0 fully saturated rings. The van der Waals surface area contributed by atoms with Gasteiger partial charge in [0.1, 0.15) is 5.75 Å². The van der Waals surface area contributed by atoms with Gasteiger partial charge in [-0.25, -0.2) is 0 Å². The Bertz CT molecular complexity index is 608. The quantitative estimate of drug-likeness (QED) is 0.747. The molecule has 0 aliphatic carbocycles. The fourth-order valence-corrected chi connectivity index (χ4v) is 1.86. The third-order valence-corrected chi connectivity index (χ3v) is 2.94. The average Bonchev–Trinajstić information content (AvgIpc) is 2.89. The predicted octanol–water partition coefficient (Wildman–Crippen LogP) is 1.26. The number of benzene rings is 1. The smallest absolute Gasteiger partial charge is 0.258 e. The van der Waals surface area contributed by atoms with Gasteiger partial charge >= 0.3 is 0 Å². The molecule has 3 N–H and O–H groups in total. The third kappa shape index (κ3) is 4.32. The fourth-order valence-electron chi connectivity index (χ4n) is 1.86. The van der Waals surface area contributed by atoms with E-state index >= 15 is 0 Å². The summed E-state index contributed by atoms with van der Waals surface area (Å²) in [4.78, 5) is 11.5. The minimum atomic E-state index is -0.568. The number of aryl methyl sites for hydroxylation is 1. The molecular weight excluding hydrogens is 270 g/mol. The first-order chi connectivity index (χ1) is 10.1. The van der Waals surface area contributed by atoms with Gasteiger partial charge in [-0.1, -0.05) is 12.1 Å². The van der Waals surface area contributed by atoms with E-state index in [0.717, 1.165) is 16.8 Å². The summed E-state index contributed by atoms with van der Waals surface area (Å²) in [7, 11) is 0. The zero-order valence-corrected chi connectivity index (χ0v) is 12.1. The number of amides is 1. The van der Waals surface area contributed by atoms with Crippen LogP contribution in [0.4, 0.5) is 0 Å². The zero-order valence-electron chi connectivity index (χ0n) is 12.1. The first-order valence-electron chi connectivity index (χ1n) is 6.74. The van der Waals surface area contributed by atoms with Crippen molar-refractivity contribution in [1.29, 1.82) is 0 Å². The van der Waals surface area contributed by atoms with Gasteiger partial charge in [0.25, 0.3) is 5.91 Å². The topological polar surface area (TPSA) is 87.2 Å². The van der Waals surface area contributed by atoms with Crippen LogP contribution in [0, 0.1) is 6.92 Å². The van der Waals surface area contributed by atoms with Crippen LogP contribution < -0.4 is 10.1 Å². The SMILES string of the molecule is Cc1[nH]ncc1-c1cccc(OCC(=O)NCC(C)O)c1. The number of ether oxygens (including phenoxy) is 1. The van der Waals surface area contributed by atoms with E-state index in [1.165, 1.54) is 0 Å². The summed E-state index contributed by atoms with van der Waals surface area (Å²) in [5.74, 6) is 0.348. The Balaban J connectivity index is 1.96. The number of aliphatic hydroxyl groups excluding tert-OH is 1. The summed E-state index contributed by atoms with van der Waals surface area (Å²) < 4.78 is 5.45. The van der Waals surface area contributed by atoms with Gasteiger partial charge in [0.2, 0.25) is 0 Å². The van der Waals surface area contributed by atoms with Gasteiger partial charge in [-0.2, -0.15) is 5.10 Å². The average molecular weight is 289 g/mol. The molecule has 112 valence electrons. The van der Waals surface area contributed by atoms with Gasteiger partial charge in [0.15, 0.2) is 6.61 Å². The number of aromatic nitrogens is 2. The molecule has 1 unspecified atom stereocenters. The highest BCUT2D eigenvalue weighted by atomic mass is 16.5. The van der Waals surface area contributed by atoms with Gasteiger partial charge < -0.3 is 15.2 Å². The molecule has 1 aromatic carbocycles. The zero-order chi connectivity index (χ0) is 15.2. The molecule has 6 nitrogen and oxygen atoms in total. The first kappa shape index (κ1) is 15.1. The number of nitrogens with one attached hydrogen (secondary N) is 2. The molecule has 0 radical (unpaired) electrons. The van der Waals surface area contributed by atoms with Crippen molar-refractivity contribution in [2.24, 2.45) is 0 Å². The van der Waals surface area contributed by atoms with Gasteiger partial charge in [0.05, 0.1) is 12.3 Å². The second-order valence-corrected chi connectivity index (χ2v) is 4.88. The maximum absolute atomic E-state index is 11.5. The molecule has 2 aromatic rings. The Hall–Kier alpha value is -2.34. The number of H-pyrrole nitrogens is 1. The summed E-state index contributed by atoms with van der Waals surface area (Å²) in [5, 5.41) is 18.5. The van der Waals surface area contributed by atoms with Crippen LogP contribution in [0.3, 0.4) is 0 Å². The fraction of sp³-hybridized carbons (Fsp3) is 0.333. The molecule has 0 aliphatic rings. The standard InChI is InChI=1S/C15H19N3O3/c1-10(19)7-16-15(20)9-21-13-5-3-4-12(6-13)14-8-17-18-11(14)2/h3-6,8,10,19H,7,9H2,1-2H3,(H,16,20)(H,17,18). The normalized spacial score (nSPS) is 12.0. The molecular formula is C15H19N3O3. The van der Waals surface area contributed by atoms with Crippen molar-refractivity contribution in [3.63, 3.8) is 0 Å². The molecule has 21 heavy (non-hydrogen) atoms. The molecule has 2 rings (SSSR count). The van der Waals surface area contributed by atoms with Gasteiger partial charge in [0, 0.05) is 17.8 Å². The second-order valence-electron chi connectivity index (χ2n) is 4.88. The highest BCUT2D eigenvalue weighted by molar-refractivity contribution is 5.77. The summed E-state index contributed by atoms with van der Waals surface area (Å²) >= 11 is 0. The minimum Gasteiger partial charge on any atom is -0.484 e. The molecule has 1 aromatic heterocycles. The first-order valence-corrected chi connectivity index (χ1v) is 6.74. The van der Waals surface area contributed by atoms with Crippen LogP contribution in [0.1, 0.15) is 12.6 Å². The van der Waals surface area contributed by atoms with Crippen molar-refractivity contribution >= 4 is 5.91 Å². The van der Waals surface area contributed by atoms with E-state index in [0.29, 0.717) is 5.75 Å². The van der Waals surface area contributed by atoms with E-state index in [9.17, 15) is 4.79 Å². The number of hydrogen-bond acceptors (Lipinski definition) is 4. The number of carbonyl (C=O) groups excluding carboxylic acids is 1. The largest absolute Gasteiger partial charge is 0.484 e. The summed E-state index contributed by atoms with van der Waals surface area (Å²) in [6.45, 7) is 3.69. The van der Waals surface area contributed by atoms with E-state index in [-0.39, 0.29) is 19.1 Å². The molecule has 0 saturated carbocycles. The molecule has 0 spiro atoms. The number of rotatable bonds is 6. The highest BCUT2D eigenvalue weighted by Crippen LogP contribution is 2.25. The van der Waals surface area contributed by atoms with Crippen molar-refractivity contribution in [3.05, 3.63) is 36.2 Å². The van der Waals surface area contributed by atoms with Crippen molar-refractivity contribution in [3.8, 4) is 16.9 Å². The van der Waals surface area contributed by atoms with E-state index in [2.05, 4.69) is 15.5 Å². The van der Waals surface area contributed by atoms with Crippen LogP contribution in [-0.2, 0) is 4.79 Å². The number of nitrogens with zero attached hydrogens (tertiary/aromatic N) is 1. The van der Waals surface area contributed by atoms with Crippen LogP contribution in [0.15, 0.2) is 30.5 Å². The molecule has 1 atom stereocenters. The molecule has 0 aliphatic heterocycles. The van der Waals surface area contributed by atoms with Gasteiger partial charge in [-0.3, -0.25) is 9.89 Å². The van der Waals surface area contributed by atoms with E-state index in [1.807, 2.05) is 25.1 Å². The van der Waals surface area contributed by atoms with Crippen LogP contribution >= 0.6 is 0 Å². The Morgan fingerprint density at radius 1 is 1.52 bits per heavy atom. The monoisotopic (exact) mass is 289 g/mol. The summed E-state index contributed by atoms with van der Waals surface area (Å²) in [5.41, 5.74) is 2.95. The number of carbonyl (C=O) groups is 1. The maximum atomic E-state index is 11.5. The predicted molar refractivity (Wildman–Crippen MR) is 78.9 cm³/mol. The lowest BCUT2D eigenvalue weighted by atomic mass is 10.1. The minimum absolute atomic E-state index is 0.0828. The highest BCUT2D eigenvalue weighted by Gasteiger charge is 2.07. The Labute approximate surface area is 123 Å². The van der Waals surface area contributed by atoms with E-state index < -0.39 is 6.10 Å². The molecule has 0 bridgehead atoms. The lowest BCUT2D eigenvalue weighted by molar-refractivity contribution is -0.123. The molecule has 0 saturated heterocycles. The van der Waals surface area contributed by atoms with Crippen LogP contribution in [0.25, 0.3) is 11.1 Å². The van der Waals surface area contributed by atoms with Crippen molar-refractivity contribution in [2.45, 2.75) is 20.0 Å². The second kappa shape index (κ2) is 6.90. The molecule has 1 amide bonds. The molecule has 1 heterocycles. The van der Waals surface area contributed by atoms with Crippen molar-refractivity contribution in [1.82, 2.24) is 15.5 Å². The molecule has 6 heteroatoms. The van der Waals surface area contributed by atoms with Crippen LogP contribution in [0.5, 0.6) is 5.75 Å². The van der Waals surface area contributed by atoms with E-state index in [4.69, 9.17) is 9.84 Å². The Kier molecular flexibility index (Phi) is 4.94. The van der Waals surface area contributed by atoms with Gasteiger partial charge in [-0.05, 0) is 31.5 Å². The third-order valence-electron chi connectivity index (χ3n) is 2.94. The lowest BCUT2D eigenvalue weighted by Gasteiger charge is -2.09. The lowest BCUT2D eigenvalue weighted by Crippen LogP contribution is -2.34. The number of aromatic amines is 1. The van der Waals surface area contributed by atoms with Crippen molar-refractivity contribution < 1.29 is 14.6 Å². The Morgan fingerprint density at radius 2 is 2.33 bits per heavy atom. The number of aliphatic hydroxyl groups is 1. The van der Waals surface area contributed by atoms with Crippen LogP contribution in [0.2, 0.25) is 0 Å². The van der Waals surface area contributed by atoms with Gasteiger partial charge in [-0.15, -0.1) is 0 Å².